The summed E-state index contributed by atoms with van der Waals surface area (Å²) in [6.07, 6.45) is -7.24. The third-order valence-corrected chi connectivity index (χ3v) is 4.09. The van der Waals surface area contributed by atoms with Crippen LogP contribution in [0.1, 0.15) is 42.6 Å². The van der Waals surface area contributed by atoms with Crippen molar-refractivity contribution in [2.75, 3.05) is 13.6 Å². The number of hydrogen-bond acceptors (Lipinski definition) is 9. The maximum atomic E-state index is 12.2. The van der Waals surface area contributed by atoms with Crippen LogP contribution in [-0.4, -0.2) is 44.4 Å². The number of carbonyl (C=O) groups excluding carboxylic acids is 1. The number of aromatic nitrogens is 4. The van der Waals surface area contributed by atoms with E-state index in [4.69, 9.17) is 5.73 Å². The Morgan fingerprint density at radius 1 is 0.787 bits per heavy atom. The van der Waals surface area contributed by atoms with E-state index in [0.717, 1.165) is 5.56 Å². The average molecular weight is 1260 g/mol. The molecule has 4 aromatic rings. The Kier molecular flexibility index (Phi) is 33.5. The molecule has 2 heterocycles. The molecule has 0 fully saturated rings. The van der Waals surface area contributed by atoms with Crippen LogP contribution in [0.2, 0.25) is 0 Å². The molecule has 22 heteroatoms. The molecule has 2 aromatic heterocycles. The van der Waals surface area contributed by atoms with Crippen LogP contribution in [0.4, 0.5) is 26.3 Å². The van der Waals surface area contributed by atoms with Gasteiger partial charge >= 0.3 is 24.1 Å². The third kappa shape index (κ3) is 22.9. The van der Waals surface area contributed by atoms with Gasteiger partial charge in [0.2, 0.25) is 11.6 Å². The first-order valence-electron chi connectivity index (χ1n) is 11.0. The van der Waals surface area contributed by atoms with Crippen LogP contribution in [-0.2, 0) is 29.9 Å². The molecule has 268 valence electrons. The summed E-state index contributed by atoms with van der Waals surface area (Å²) >= 11 is 10.9. The molecular weight excluding hydrogens is 1230 g/mol. The number of alkyl halides is 9. The predicted molar refractivity (Wildman–Crippen MR) is 215 cm³/mol. The lowest BCUT2D eigenvalue weighted by Crippen LogP contribution is -2.04. The summed E-state index contributed by atoms with van der Waals surface area (Å²) in [4.78, 5) is 18.9. The van der Waals surface area contributed by atoms with Gasteiger partial charge in [0.1, 0.15) is 6.29 Å². The lowest BCUT2D eigenvalue weighted by Gasteiger charge is -1.98. The van der Waals surface area contributed by atoms with Gasteiger partial charge in [-0.1, -0.05) is 141 Å². The highest BCUT2D eigenvalue weighted by Crippen LogP contribution is 2.30. The molecule has 0 saturated heterocycles. The summed E-state index contributed by atoms with van der Waals surface area (Å²) in [6.45, 7) is 0.361. The SMILES string of the molecule is C.C.CI.CS(N)=O.ICI.II.NCc1ccc(-c2noc(C(F)(F)F)n2)cc1.O=Cc1ccc(-c2noc(C(F)(F)F)n2)cc1. The van der Waals surface area contributed by atoms with E-state index in [-0.39, 0.29) is 26.5 Å². The van der Waals surface area contributed by atoms with Crippen molar-refractivity contribution in [3.8, 4) is 22.8 Å². The van der Waals surface area contributed by atoms with E-state index < -0.39 is 35.1 Å². The Balaban J connectivity index is -0.000000292. The van der Waals surface area contributed by atoms with E-state index >= 15 is 0 Å². The number of halogens is 11. The van der Waals surface area contributed by atoms with Gasteiger partial charge in [-0.3, -0.25) is 9.93 Å². The molecule has 1 unspecified atom stereocenters. The Hall–Kier alpha value is -0.310. The number of aldehydes is 1. The van der Waals surface area contributed by atoms with Crippen LogP contribution in [0.3, 0.4) is 0 Å². The fraction of sp³-hybridized carbons (Fsp3) is 0.320. The molecule has 0 aliphatic heterocycles. The Bertz CT molecular complexity index is 1380. The zero-order chi connectivity index (χ0) is 35.2. The molecule has 0 aliphatic rings. The highest BCUT2D eigenvalue weighted by Gasteiger charge is 2.39. The molecule has 0 bridgehead atoms. The second-order valence-electron chi connectivity index (χ2n) is 7.08. The number of rotatable bonds is 4. The topological polar surface area (TPSA) is 164 Å². The van der Waals surface area contributed by atoms with E-state index in [1.807, 2.05) is 4.93 Å². The van der Waals surface area contributed by atoms with Gasteiger partial charge in [-0.05, 0) is 10.5 Å². The van der Waals surface area contributed by atoms with Crippen molar-refractivity contribution in [2.45, 2.75) is 33.8 Å². The first-order chi connectivity index (χ1) is 21.2. The molecule has 0 aliphatic carbocycles. The van der Waals surface area contributed by atoms with Gasteiger partial charge in [0.05, 0.1) is 13.4 Å². The van der Waals surface area contributed by atoms with Gasteiger partial charge in [-0.15, -0.1) is 0 Å². The molecule has 2 aromatic carbocycles. The van der Waals surface area contributed by atoms with Gasteiger partial charge in [0.25, 0.3) is 0 Å². The van der Waals surface area contributed by atoms with Crippen molar-refractivity contribution in [1.82, 2.24) is 20.3 Å². The Morgan fingerprint density at radius 3 is 1.32 bits per heavy atom. The molecule has 1 atom stereocenters. The molecule has 4 N–H and O–H groups in total. The third-order valence-electron chi connectivity index (χ3n) is 4.09. The van der Waals surface area contributed by atoms with Crippen molar-refractivity contribution in [3.05, 3.63) is 71.4 Å². The van der Waals surface area contributed by atoms with Crippen molar-refractivity contribution in [1.29, 1.82) is 0 Å². The average Bonchev–Trinajstić information content (AvgIpc) is 3.71. The molecule has 0 spiro atoms. The normalized spacial score (nSPS) is 10.4. The number of hydrogen-bond donors (Lipinski definition) is 2. The number of nitrogens with two attached hydrogens (primary N) is 2. The van der Waals surface area contributed by atoms with E-state index in [0.29, 0.717) is 29.5 Å². The fourth-order valence-corrected chi connectivity index (χ4v) is 2.41. The van der Waals surface area contributed by atoms with Crippen molar-refractivity contribution in [2.24, 2.45) is 10.9 Å². The zero-order valence-electron chi connectivity index (χ0n) is 22.8. The summed E-state index contributed by atoms with van der Waals surface area (Å²) in [7, 11) is -1.11. The summed E-state index contributed by atoms with van der Waals surface area (Å²) in [6, 6.07) is 12.3. The molecular formula is C25H31F6I5N6O4S. The summed E-state index contributed by atoms with van der Waals surface area (Å²) in [5.74, 6) is -3.02. The maximum absolute atomic E-state index is 12.2. The standard InChI is InChI=1S/C10H8F3N3O.C10H5F3N2O2.CH2I2.CH3I.CH5NOS.2CH4.I2/c11-10(12,13)9-15-8(16-17-9)7-3-1-6(5-14)2-4-7;11-10(12,13)9-14-8(15-17-9)7-3-1-6(5-16)2-4-7;2-1-3;1-2;1-4(2)3;;;1-2/h1-4H,5,14H2;1-5H;1H2;1H3;2H2,1H3;2*1H4;. The summed E-state index contributed by atoms with van der Waals surface area (Å²) in [5, 5.41) is 11.1. The number of benzene rings is 2. The van der Waals surface area contributed by atoms with Crippen LogP contribution < -0.4 is 10.9 Å². The largest absolute Gasteiger partial charge is 0.471 e. The quantitative estimate of drug-likeness (QED) is 0.0876. The molecule has 0 amide bonds. The molecule has 4 rings (SSSR count). The van der Waals surface area contributed by atoms with Crippen LogP contribution >= 0.6 is 105 Å². The monoisotopic (exact) mass is 1260 g/mol. The molecule has 0 saturated carbocycles. The molecule has 0 radical (unpaired) electrons. The zero-order valence-corrected chi connectivity index (χ0v) is 34.4. The van der Waals surface area contributed by atoms with Crippen LogP contribution in [0.25, 0.3) is 22.8 Å². The van der Waals surface area contributed by atoms with Crippen LogP contribution in [0.5, 0.6) is 0 Å². The first-order valence-corrected chi connectivity index (χ1v) is 24.2. The van der Waals surface area contributed by atoms with E-state index in [2.05, 4.69) is 139 Å². The highest BCUT2D eigenvalue weighted by atomic mass is 128. The molecule has 47 heavy (non-hydrogen) atoms. The van der Waals surface area contributed by atoms with Gasteiger partial charge in [-0.2, -0.15) is 36.3 Å². The van der Waals surface area contributed by atoms with Crippen LogP contribution in [0, 0.1) is 0 Å². The first kappa shape index (κ1) is 53.5. The second kappa shape index (κ2) is 29.4. The lowest BCUT2D eigenvalue weighted by atomic mass is 10.1. The maximum Gasteiger partial charge on any atom is 0.471 e. The number of nitrogens with zero attached hydrogens (tertiary/aromatic N) is 4. The van der Waals surface area contributed by atoms with Gasteiger partial charge in [0.15, 0.2) is 0 Å². The lowest BCUT2D eigenvalue weighted by molar-refractivity contribution is -0.160. The number of carbonyl (C=O) groups is 1. The van der Waals surface area contributed by atoms with Crippen molar-refractivity contribution >= 4 is 122 Å². The second-order valence-corrected chi connectivity index (χ2v) is 12.5. The van der Waals surface area contributed by atoms with Gasteiger partial charge in [-0.25, -0.2) is 4.21 Å². The van der Waals surface area contributed by atoms with Crippen molar-refractivity contribution < 1.29 is 44.4 Å². The highest BCUT2D eigenvalue weighted by molar-refractivity contribution is 15.0. The minimum absolute atomic E-state index is 0. The van der Waals surface area contributed by atoms with Crippen molar-refractivity contribution in [3.63, 3.8) is 0 Å². The van der Waals surface area contributed by atoms with E-state index in [1.54, 1.807) is 24.3 Å². The Morgan fingerprint density at radius 2 is 1.09 bits per heavy atom. The summed E-state index contributed by atoms with van der Waals surface area (Å²) < 4.78 is 92.0. The Labute approximate surface area is 335 Å². The fourth-order valence-electron chi connectivity index (χ4n) is 2.41. The molecule has 10 nitrogen and oxygen atoms in total. The van der Waals surface area contributed by atoms with Crippen LogP contribution in [0.15, 0.2) is 57.6 Å². The minimum Gasteiger partial charge on any atom is -0.329 e. The van der Waals surface area contributed by atoms with E-state index in [9.17, 15) is 35.3 Å². The minimum atomic E-state index is -4.66. The summed E-state index contributed by atoms with van der Waals surface area (Å²) in [5.41, 5.74) is 7.47. The van der Waals surface area contributed by atoms with Gasteiger partial charge in [0, 0.05) is 66.7 Å². The van der Waals surface area contributed by atoms with Gasteiger partial charge < -0.3 is 14.8 Å². The predicted octanol–water partition coefficient (Wildman–Crippen LogP) is 9.93. The smallest absolute Gasteiger partial charge is 0.329 e. The van der Waals surface area contributed by atoms with E-state index in [1.165, 1.54) is 33.0 Å².